The molecule has 9 heavy (non-hydrogen) atoms. The summed E-state index contributed by atoms with van der Waals surface area (Å²) in [4.78, 5) is 0. The van der Waals surface area contributed by atoms with Gasteiger partial charge in [-0.3, -0.25) is 0 Å². The maximum absolute atomic E-state index is 3.03. The zero-order valence-corrected chi connectivity index (χ0v) is 4.89. The Balaban J connectivity index is 0.000000640. The van der Waals surface area contributed by atoms with Crippen LogP contribution in [0.3, 0.4) is 0 Å². The van der Waals surface area contributed by atoms with Crippen LogP contribution in [-0.4, -0.2) is 58.4 Å². The number of nitrogens with one attached hydrogen (secondary N) is 1. The molecule has 0 amide bonds. The second-order valence-electron chi connectivity index (χ2n) is 1.62. The quantitative estimate of drug-likeness (QED) is 0.586. The zero-order chi connectivity index (χ0) is 5.82. The zero-order valence-electron chi connectivity index (χ0n) is 4.89. The van der Waals surface area contributed by atoms with Gasteiger partial charge >= 0.3 is 51.4 Å². The summed E-state index contributed by atoms with van der Waals surface area (Å²) in [6, 6.07) is 10.1. The van der Waals surface area contributed by atoms with Crippen molar-refractivity contribution in [3.8, 4) is 0 Å². The van der Waals surface area contributed by atoms with E-state index in [1.165, 1.54) is 0 Å². The molecule has 1 aromatic carbocycles. The van der Waals surface area contributed by atoms with E-state index in [1.54, 1.807) is 0 Å². The van der Waals surface area contributed by atoms with Crippen molar-refractivity contribution in [1.82, 2.24) is 0 Å². The van der Waals surface area contributed by atoms with Crippen LogP contribution < -0.4 is 5.32 Å². The molecule has 0 saturated carbocycles. The Bertz CT molecular complexity index is 150. The monoisotopic (exact) mass is 147 g/mol. The van der Waals surface area contributed by atoms with Gasteiger partial charge in [0.15, 0.2) is 0 Å². The summed E-state index contributed by atoms with van der Waals surface area (Å²) < 4.78 is 0. The Kier molecular flexibility index (Phi) is 5.84. The summed E-state index contributed by atoms with van der Waals surface area (Å²) in [6.45, 7) is 0. The van der Waals surface area contributed by atoms with E-state index in [4.69, 9.17) is 0 Å². The van der Waals surface area contributed by atoms with E-state index in [-0.39, 0.29) is 51.4 Å². The van der Waals surface area contributed by atoms with E-state index in [1.807, 2.05) is 37.4 Å². The Morgan fingerprint density at radius 1 is 1.11 bits per heavy atom. The summed E-state index contributed by atoms with van der Waals surface area (Å²) in [5.41, 5.74) is 1.16. The molecule has 1 aromatic rings. The summed E-state index contributed by atoms with van der Waals surface area (Å²) in [6.07, 6.45) is 0. The molecule has 1 rings (SSSR count). The molecule has 0 unspecified atom stereocenters. The predicted octanol–water partition coefficient (Wildman–Crippen LogP) is 1.08. The minimum atomic E-state index is 0. The topological polar surface area (TPSA) is 12.0 Å². The molecule has 1 nitrogen and oxygen atoms in total. The van der Waals surface area contributed by atoms with E-state index in [2.05, 4.69) is 5.32 Å². The van der Waals surface area contributed by atoms with Gasteiger partial charge in [0, 0.05) is 12.7 Å². The molecule has 0 aliphatic heterocycles. The van der Waals surface area contributed by atoms with Crippen molar-refractivity contribution in [1.29, 1.82) is 0 Å². The van der Waals surface area contributed by atoms with Crippen LogP contribution in [0.15, 0.2) is 30.3 Å². The second-order valence-corrected chi connectivity index (χ2v) is 1.62. The summed E-state index contributed by atoms with van der Waals surface area (Å²) in [5, 5.41) is 3.03. The normalized spacial score (nSPS) is 7.67. The molecule has 0 aliphatic rings. The van der Waals surface area contributed by atoms with Crippen LogP contribution in [0.2, 0.25) is 0 Å². The fraction of sp³-hybridized carbons (Fsp3) is 0.143. The average Bonchev–Trinajstić information content (AvgIpc) is 1.90. The number of hydrogen-bond acceptors (Lipinski definition) is 1. The molecule has 44 valence electrons. The summed E-state index contributed by atoms with van der Waals surface area (Å²) >= 11 is 0. The first-order valence-electron chi connectivity index (χ1n) is 2.66. The Morgan fingerprint density at radius 3 is 2.00 bits per heavy atom. The molecule has 0 fully saturated rings. The third-order valence-electron chi connectivity index (χ3n) is 1.06. The van der Waals surface area contributed by atoms with Gasteiger partial charge in [0.25, 0.3) is 0 Å². The molecular formula is C7H10KN. The van der Waals surface area contributed by atoms with Crippen molar-refractivity contribution in [2.24, 2.45) is 0 Å². The Labute approximate surface area is 98.3 Å². The van der Waals surface area contributed by atoms with Gasteiger partial charge in [-0.15, -0.1) is 0 Å². The third-order valence-corrected chi connectivity index (χ3v) is 1.06. The predicted molar refractivity (Wildman–Crippen MR) is 43.1 cm³/mol. The van der Waals surface area contributed by atoms with Crippen LogP contribution in [0.25, 0.3) is 0 Å². The molecule has 0 spiro atoms. The molecule has 0 heterocycles. The van der Waals surface area contributed by atoms with Crippen LogP contribution in [0.4, 0.5) is 5.69 Å². The molecule has 0 bridgehead atoms. The van der Waals surface area contributed by atoms with E-state index < -0.39 is 0 Å². The third kappa shape index (κ3) is 3.38. The Hall–Kier alpha value is 0.656. The van der Waals surface area contributed by atoms with E-state index in [0.29, 0.717) is 0 Å². The van der Waals surface area contributed by atoms with Crippen LogP contribution >= 0.6 is 0 Å². The SMILES string of the molecule is CNc1ccccc1.[KH]. The fourth-order valence-corrected chi connectivity index (χ4v) is 0.605. The standard InChI is InChI=1S/C7H9N.K.H/c1-8-7-5-3-2-4-6-7;;/h2-6,8H,1H3;;. The first-order chi connectivity index (χ1) is 3.93. The van der Waals surface area contributed by atoms with Crippen molar-refractivity contribution in [2.45, 2.75) is 0 Å². The molecule has 0 aromatic heterocycles. The number of anilines is 1. The number of para-hydroxylation sites is 1. The van der Waals surface area contributed by atoms with Gasteiger partial charge in [0.1, 0.15) is 0 Å². The average molecular weight is 147 g/mol. The number of hydrogen-bond donors (Lipinski definition) is 1. The summed E-state index contributed by atoms with van der Waals surface area (Å²) in [5.74, 6) is 0. The fourth-order valence-electron chi connectivity index (χ4n) is 0.605. The molecule has 0 saturated heterocycles. The van der Waals surface area contributed by atoms with Crippen LogP contribution in [0, 0.1) is 0 Å². The van der Waals surface area contributed by atoms with Crippen molar-refractivity contribution >= 4 is 57.1 Å². The molecule has 1 N–H and O–H groups in total. The molecule has 0 aliphatic carbocycles. The molecule has 0 radical (unpaired) electrons. The molecule has 0 atom stereocenters. The van der Waals surface area contributed by atoms with Gasteiger partial charge in [0.2, 0.25) is 0 Å². The van der Waals surface area contributed by atoms with Gasteiger partial charge in [-0.1, -0.05) is 18.2 Å². The van der Waals surface area contributed by atoms with Gasteiger partial charge in [-0.25, -0.2) is 0 Å². The van der Waals surface area contributed by atoms with Crippen LogP contribution in [-0.2, 0) is 0 Å². The number of rotatable bonds is 1. The van der Waals surface area contributed by atoms with Crippen molar-refractivity contribution in [3.05, 3.63) is 30.3 Å². The first-order valence-corrected chi connectivity index (χ1v) is 2.66. The van der Waals surface area contributed by atoms with Crippen molar-refractivity contribution in [3.63, 3.8) is 0 Å². The van der Waals surface area contributed by atoms with E-state index >= 15 is 0 Å². The van der Waals surface area contributed by atoms with Gasteiger partial charge < -0.3 is 5.32 Å². The maximum atomic E-state index is 3.03. The summed E-state index contributed by atoms with van der Waals surface area (Å²) in [7, 11) is 1.91. The first kappa shape index (κ1) is 9.66. The van der Waals surface area contributed by atoms with Crippen LogP contribution in [0.1, 0.15) is 0 Å². The second kappa shape index (κ2) is 5.44. The van der Waals surface area contributed by atoms with Gasteiger partial charge in [0.05, 0.1) is 0 Å². The van der Waals surface area contributed by atoms with Gasteiger partial charge in [-0.05, 0) is 12.1 Å². The molecule has 2 heteroatoms. The van der Waals surface area contributed by atoms with Crippen molar-refractivity contribution < 1.29 is 0 Å². The van der Waals surface area contributed by atoms with Crippen molar-refractivity contribution in [2.75, 3.05) is 12.4 Å². The number of benzene rings is 1. The van der Waals surface area contributed by atoms with Gasteiger partial charge in [-0.2, -0.15) is 0 Å². The Morgan fingerprint density at radius 2 is 1.67 bits per heavy atom. The van der Waals surface area contributed by atoms with E-state index in [0.717, 1.165) is 5.69 Å². The minimum absolute atomic E-state index is 0. The van der Waals surface area contributed by atoms with Crippen LogP contribution in [0.5, 0.6) is 0 Å². The van der Waals surface area contributed by atoms with E-state index in [9.17, 15) is 0 Å². The molecular weight excluding hydrogens is 137 g/mol.